The van der Waals surface area contributed by atoms with Crippen LogP contribution in [0.15, 0.2) is 24.4 Å². The summed E-state index contributed by atoms with van der Waals surface area (Å²) in [7, 11) is 1.58. The maximum Gasteiger partial charge on any atom is 0.328 e. The molecule has 0 amide bonds. The van der Waals surface area contributed by atoms with Crippen molar-refractivity contribution in [1.82, 2.24) is 14.8 Å². The number of aromatic nitrogens is 3. The van der Waals surface area contributed by atoms with Gasteiger partial charge in [0, 0.05) is 24.0 Å². The summed E-state index contributed by atoms with van der Waals surface area (Å²) in [5.41, 5.74) is 6.90. The van der Waals surface area contributed by atoms with Gasteiger partial charge in [-0.05, 0) is 13.0 Å². The van der Waals surface area contributed by atoms with Crippen molar-refractivity contribution in [3.05, 3.63) is 35.8 Å². The Balaban J connectivity index is 1.91. The number of hydrogen-bond donors (Lipinski definition) is 1. The zero-order valence-electron chi connectivity index (χ0n) is 11.4. The van der Waals surface area contributed by atoms with Crippen LogP contribution < -0.4 is 10.5 Å². The van der Waals surface area contributed by atoms with Crippen molar-refractivity contribution in [3.8, 4) is 5.75 Å². The summed E-state index contributed by atoms with van der Waals surface area (Å²) in [6, 6.07) is 5.14. The lowest BCUT2D eigenvalue weighted by Gasteiger charge is -2.07. The summed E-state index contributed by atoms with van der Waals surface area (Å²) < 4.78 is 11.7. The van der Waals surface area contributed by atoms with Crippen molar-refractivity contribution in [2.45, 2.75) is 20.1 Å². The van der Waals surface area contributed by atoms with E-state index in [1.54, 1.807) is 31.5 Å². The molecule has 2 aromatic heterocycles. The standard InChI is InChI=1S/C13H16N4O3/c1-9-5-11(19-2)6-10(15-9)8-20-13(18)7-17-4-3-12(14)16-17/h3-6H,7-8H2,1-2H3,(H2,14,16). The average Bonchev–Trinajstić information content (AvgIpc) is 2.81. The third-order valence-corrected chi connectivity index (χ3v) is 2.55. The minimum absolute atomic E-state index is 0.0140. The quantitative estimate of drug-likeness (QED) is 0.816. The second kappa shape index (κ2) is 6.05. The number of methoxy groups -OCH3 is 1. The molecule has 7 heteroatoms. The number of anilines is 1. The van der Waals surface area contributed by atoms with E-state index >= 15 is 0 Å². The molecule has 0 fully saturated rings. The first-order valence-electron chi connectivity index (χ1n) is 6.03. The monoisotopic (exact) mass is 276 g/mol. The van der Waals surface area contributed by atoms with Crippen LogP contribution in [0.3, 0.4) is 0 Å². The summed E-state index contributed by atoms with van der Waals surface area (Å²) in [6.07, 6.45) is 1.62. The van der Waals surface area contributed by atoms with Gasteiger partial charge in [0.05, 0.1) is 12.8 Å². The van der Waals surface area contributed by atoms with Crippen molar-refractivity contribution in [2.24, 2.45) is 0 Å². The number of esters is 1. The fraction of sp³-hybridized carbons (Fsp3) is 0.308. The number of nitrogen functional groups attached to an aromatic ring is 1. The van der Waals surface area contributed by atoms with Gasteiger partial charge in [0.1, 0.15) is 24.7 Å². The highest BCUT2D eigenvalue weighted by Crippen LogP contribution is 2.14. The highest BCUT2D eigenvalue weighted by Gasteiger charge is 2.07. The van der Waals surface area contributed by atoms with Crippen molar-refractivity contribution < 1.29 is 14.3 Å². The Kier molecular flexibility index (Phi) is 4.19. The van der Waals surface area contributed by atoms with Gasteiger partial charge in [-0.15, -0.1) is 0 Å². The van der Waals surface area contributed by atoms with Crippen molar-refractivity contribution in [2.75, 3.05) is 12.8 Å². The van der Waals surface area contributed by atoms with E-state index in [0.29, 0.717) is 17.3 Å². The van der Waals surface area contributed by atoms with Crippen LogP contribution in [0.4, 0.5) is 5.82 Å². The molecule has 0 aliphatic heterocycles. The molecule has 106 valence electrons. The average molecular weight is 276 g/mol. The van der Waals surface area contributed by atoms with E-state index in [1.807, 2.05) is 6.92 Å². The molecule has 0 bridgehead atoms. The minimum Gasteiger partial charge on any atom is -0.497 e. The SMILES string of the molecule is COc1cc(C)nc(COC(=O)Cn2ccc(N)n2)c1. The summed E-state index contributed by atoms with van der Waals surface area (Å²) in [6.45, 7) is 1.95. The Hall–Kier alpha value is -2.57. The van der Waals surface area contributed by atoms with Crippen LogP contribution in [0.1, 0.15) is 11.4 Å². The summed E-state index contributed by atoms with van der Waals surface area (Å²) in [5.74, 6) is 0.640. The first-order chi connectivity index (χ1) is 9.56. The van der Waals surface area contributed by atoms with Crippen LogP contribution in [-0.2, 0) is 22.7 Å². The van der Waals surface area contributed by atoms with E-state index in [0.717, 1.165) is 5.69 Å². The number of aryl methyl sites for hydroxylation is 1. The minimum atomic E-state index is -0.407. The lowest BCUT2D eigenvalue weighted by atomic mass is 10.3. The molecule has 2 heterocycles. The second-order valence-electron chi connectivity index (χ2n) is 4.24. The molecule has 0 aliphatic rings. The number of nitrogens with zero attached hydrogens (tertiary/aromatic N) is 3. The zero-order chi connectivity index (χ0) is 14.5. The van der Waals surface area contributed by atoms with Crippen LogP contribution in [0.25, 0.3) is 0 Å². The van der Waals surface area contributed by atoms with Gasteiger partial charge in [-0.25, -0.2) is 0 Å². The Bertz CT molecular complexity index is 609. The zero-order valence-corrected chi connectivity index (χ0v) is 11.4. The van der Waals surface area contributed by atoms with Gasteiger partial charge in [-0.2, -0.15) is 5.10 Å². The highest BCUT2D eigenvalue weighted by atomic mass is 16.5. The molecule has 0 spiro atoms. The molecule has 0 unspecified atom stereocenters. The number of hydrogen-bond acceptors (Lipinski definition) is 6. The molecule has 0 radical (unpaired) electrons. The molecule has 7 nitrogen and oxygen atoms in total. The van der Waals surface area contributed by atoms with Crippen LogP contribution in [0, 0.1) is 6.92 Å². The highest BCUT2D eigenvalue weighted by molar-refractivity contribution is 5.69. The van der Waals surface area contributed by atoms with Gasteiger partial charge in [-0.1, -0.05) is 0 Å². The molecule has 0 aromatic carbocycles. The third kappa shape index (κ3) is 3.71. The number of nitrogens with two attached hydrogens (primary N) is 1. The van der Waals surface area contributed by atoms with Gasteiger partial charge >= 0.3 is 5.97 Å². The van der Waals surface area contributed by atoms with E-state index in [1.165, 1.54) is 4.68 Å². The molecular weight excluding hydrogens is 260 g/mol. The molecular formula is C13H16N4O3. The van der Waals surface area contributed by atoms with Crippen LogP contribution in [0.2, 0.25) is 0 Å². The first-order valence-corrected chi connectivity index (χ1v) is 6.03. The summed E-state index contributed by atoms with van der Waals surface area (Å²) in [4.78, 5) is 15.9. The van der Waals surface area contributed by atoms with Crippen LogP contribution in [-0.4, -0.2) is 27.8 Å². The van der Waals surface area contributed by atoms with E-state index in [2.05, 4.69) is 10.1 Å². The fourth-order valence-corrected chi connectivity index (χ4v) is 1.69. The molecule has 2 N–H and O–H groups in total. The summed E-state index contributed by atoms with van der Waals surface area (Å²) >= 11 is 0. The van der Waals surface area contributed by atoms with Gasteiger partial charge < -0.3 is 15.2 Å². The molecule has 0 saturated carbocycles. The maximum atomic E-state index is 11.7. The van der Waals surface area contributed by atoms with E-state index in [4.69, 9.17) is 15.2 Å². The number of ether oxygens (including phenoxy) is 2. The first kappa shape index (κ1) is 13.9. The van der Waals surface area contributed by atoms with Crippen molar-refractivity contribution in [3.63, 3.8) is 0 Å². The molecule has 0 aliphatic carbocycles. The third-order valence-electron chi connectivity index (χ3n) is 2.55. The number of carbonyl (C=O) groups is 1. The number of pyridine rings is 1. The molecule has 2 rings (SSSR count). The van der Waals surface area contributed by atoms with Crippen LogP contribution >= 0.6 is 0 Å². The van der Waals surface area contributed by atoms with Gasteiger partial charge in [0.2, 0.25) is 0 Å². The molecule has 20 heavy (non-hydrogen) atoms. The van der Waals surface area contributed by atoms with E-state index in [9.17, 15) is 4.79 Å². The second-order valence-corrected chi connectivity index (χ2v) is 4.24. The van der Waals surface area contributed by atoms with Gasteiger partial charge in [0.25, 0.3) is 0 Å². The maximum absolute atomic E-state index is 11.7. The lowest BCUT2D eigenvalue weighted by molar-refractivity contribution is -0.146. The normalized spacial score (nSPS) is 10.3. The molecule has 0 atom stereocenters. The van der Waals surface area contributed by atoms with Gasteiger partial charge in [-0.3, -0.25) is 14.5 Å². The van der Waals surface area contributed by atoms with Crippen molar-refractivity contribution >= 4 is 11.8 Å². The Morgan fingerprint density at radius 1 is 1.45 bits per heavy atom. The number of carbonyl (C=O) groups excluding carboxylic acids is 1. The summed E-state index contributed by atoms with van der Waals surface area (Å²) in [5, 5.41) is 3.91. The lowest BCUT2D eigenvalue weighted by Crippen LogP contribution is -2.14. The largest absolute Gasteiger partial charge is 0.497 e. The Morgan fingerprint density at radius 2 is 2.25 bits per heavy atom. The molecule has 2 aromatic rings. The van der Waals surface area contributed by atoms with Crippen LogP contribution in [0.5, 0.6) is 5.75 Å². The smallest absolute Gasteiger partial charge is 0.328 e. The fourth-order valence-electron chi connectivity index (χ4n) is 1.69. The van der Waals surface area contributed by atoms with Gasteiger partial charge in [0.15, 0.2) is 0 Å². The Labute approximate surface area is 116 Å². The predicted octanol–water partition coefficient (Wildman–Crippen LogP) is 0.921. The molecule has 0 saturated heterocycles. The topological polar surface area (TPSA) is 92.3 Å². The number of rotatable bonds is 5. The Morgan fingerprint density at radius 3 is 2.90 bits per heavy atom. The van der Waals surface area contributed by atoms with E-state index < -0.39 is 5.97 Å². The predicted molar refractivity (Wildman–Crippen MR) is 72.0 cm³/mol. The van der Waals surface area contributed by atoms with E-state index in [-0.39, 0.29) is 13.2 Å². The van der Waals surface area contributed by atoms with Crippen molar-refractivity contribution in [1.29, 1.82) is 0 Å².